The fourth-order valence-electron chi connectivity index (χ4n) is 2.79. The van der Waals surface area contributed by atoms with Crippen molar-refractivity contribution in [3.63, 3.8) is 0 Å². The Kier molecular flexibility index (Phi) is 3.89. The summed E-state index contributed by atoms with van der Waals surface area (Å²) in [5.74, 6) is 0.943. The predicted molar refractivity (Wildman–Crippen MR) is 75.0 cm³/mol. The molecule has 0 spiro atoms. The highest BCUT2D eigenvalue weighted by molar-refractivity contribution is 5.94. The number of fused-ring (bicyclic) bond motifs is 1. The molecule has 0 unspecified atom stereocenters. The zero-order chi connectivity index (χ0) is 13.9. The van der Waals surface area contributed by atoms with Gasteiger partial charge in [-0.3, -0.25) is 4.79 Å². The fourth-order valence-corrected chi connectivity index (χ4v) is 2.79. The van der Waals surface area contributed by atoms with Crippen LogP contribution in [0.1, 0.15) is 22.3 Å². The molecular formula is C15H20N2O3. The zero-order valence-corrected chi connectivity index (χ0v) is 11.4. The third kappa shape index (κ3) is 2.78. The van der Waals surface area contributed by atoms with Gasteiger partial charge in [0.25, 0.3) is 5.91 Å². The highest BCUT2D eigenvalue weighted by Crippen LogP contribution is 2.25. The SMILES string of the molecule is O=C(NC[C@@H]1CCNC[C@H]1O)c1ccc2c(c1)CCO2. The van der Waals surface area contributed by atoms with Crippen molar-refractivity contribution >= 4 is 5.91 Å². The van der Waals surface area contributed by atoms with Gasteiger partial charge in [0.1, 0.15) is 5.75 Å². The number of aliphatic hydroxyl groups is 1. The monoisotopic (exact) mass is 276 g/mol. The number of carbonyl (C=O) groups excluding carboxylic acids is 1. The van der Waals surface area contributed by atoms with Crippen LogP contribution in [0.5, 0.6) is 5.75 Å². The lowest BCUT2D eigenvalue weighted by atomic mass is 9.95. The van der Waals surface area contributed by atoms with Crippen molar-refractivity contribution in [3.05, 3.63) is 29.3 Å². The lowest BCUT2D eigenvalue weighted by molar-refractivity contribution is 0.0753. The molecule has 1 saturated heterocycles. The summed E-state index contributed by atoms with van der Waals surface area (Å²) in [6, 6.07) is 5.55. The highest BCUT2D eigenvalue weighted by atomic mass is 16.5. The van der Waals surface area contributed by atoms with Gasteiger partial charge in [0.2, 0.25) is 0 Å². The predicted octanol–water partition coefficient (Wildman–Crippen LogP) is 0.322. The number of hydrogen-bond donors (Lipinski definition) is 3. The van der Waals surface area contributed by atoms with E-state index >= 15 is 0 Å². The van der Waals surface area contributed by atoms with Crippen molar-refractivity contribution in [3.8, 4) is 5.75 Å². The normalized spacial score (nSPS) is 24.9. The molecule has 108 valence electrons. The first kappa shape index (κ1) is 13.4. The van der Waals surface area contributed by atoms with Gasteiger partial charge in [0.15, 0.2) is 0 Å². The van der Waals surface area contributed by atoms with Gasteiger partial charge in [0, 0.05) is 31.0 Å². The van der Waals surface area contributed by atoms with Crippen LogP contribution < -0.4 is 15.4 Å². The first-order valence-electron chi connectivity index (χ1n) is 7.17. The molecular weight excluding hydrogens is 256 g/mol. The molecule has 0 aliphatic carbocycles. The lowest BCUT2D eigenvalue weighted by Gasteiger charge is -2.28. The van der Waals surface area contributed by atoms with Crippen molar-refractivity contribution in [2.24, 2.45) is 5.92 Å². The Morgan fingerprint density at radius 2 is 2.40 bits per heavy atom. The van der Waals surface area contributed by atoms with Crippen LogP contribution in [0.3, 0.4) is 0 Å². The number of ether oxygens (including phenoxy) is 1. The van der Waals surface area contributed by atoms with Crippen LogP contribution in [0.2, 0.25) is 0 Å². The summed E-state index contributed by atoms with van der Waals surface area (Å²) in [6.07, 6.45) is 1.38. The molecule has 5 heteroatoms. The summed E-state index contributed by atoms with van der Waals surface area (Å²) in [4.78, 5) is 12.1. The topological polar surface area (TPSA) is 70.6 Å². The average molecular weight is 276 g/mol. The Morgan fingerprint density at radius 3 is 3.25 bits per heavy atom. The standard InChI is InChI=1S/C15H20N2O3/c18-13-9-16-5-3-12(13)8-17-15(19)11-1-2-14-10(7-11)4-6-20-14/h1-2,7,12-13,16,18H,3-6,8-9H2,(H,17,19)/t12-,13+/m0/s1. The van der Waals surface area contributed by atoms with E-state index < -0.39 is 0 Å². The number of benzene rings is 1. The van der Waals surface area contributed by atoms with Crippen LogP contribution in [-0.4, -0.2) is 43.4 Å². The molecule has 20 heavy (non-hydrogen) atoms. The summed E-state index contributed by atoms with van der Waals surface area (Å²) in [5.41, 5.74) is 1.76. The van der Waals surface area contributed by atoms with Gasteiger partial charge >= 0.3 is 0 Å². The molecule has 1 aromatic carbocycles. The summed E-state index contributed by atoms with van der Waals surface area (Å²) in [5, 5.41) is 15.9. The number of hydrogen-bond acceptors (Lipinski definition) is 4. The molecule has 1 amide bonds. The van der Waals surface area contributed by atoms with E-state index in [1.165, 1.54) is 0 Å². The van der Waals surface area contributed by atoms with Crippen molar-refractivity contribution in [1.82, 2.24) is 10.6 Å². The molecule has 2 aliphatic heterocycles. The summed E-state index contributed by atoms with van der Waals surface area (Å²) in [7, 11) is 0. The Bertz CT molecular complexity index is 504. The summed E-state index contributed by atoms with van der Waals surface area (Å²) in [6.45, 7) is 2.72. The molecule has 0 saturated carbocycles. The largest absolute Gasteiger partial charge is 0.493 e. The van der Waals surface area contributed by atoms with Crippen LogP contribution in [0.4, 0.5) is 0 Å². The van der Waals surface area contributed by atoms with E-state index in [-0.39, 0.29) is 17.9 Å². The van der Waals surface area contributed by atoms with Crippen LogP contribution in [0, 0.1) is 5.92 Å². The summed E-state index contributed by atoms with van der Waals surface area (Å²) < 4.78 is 5.43. The van der Waals surface area contributed by atoms with Gasteiger partial charge in [-0.1, -0.05) is 0 Å². The molecule has 1 aromatic rings. The molecule has 3 N–H and O–H groups in total. The number of β-amino-alcohol motifs (C(OH)–C–C–N with tert-alkyl or cyclic N) is 1. The zero-order valence-electron chi connectivity index (χ0n) is 11.4. The minimum absolute atomic E-state index is 0.0783. The number of carbonyl (C=O) groups is 1. The molecule has 0 aromatic heterocycles. The maximum absolute atomic E-state index is 12.1. The Balaban J connectivity index is 1.59. The quantitative estimate of drug-likeness (QED) is 0.743. The summed E-state index contributed by atoms with van der Waals surface area (Å²) >= 11 is 0. The number of rotatable bonds is 3. The van der Waals surface area contributed by atoms with Crippen LogP contribution in [-0.2, 0) is 6.42 Å². The van der Waals surface area contributed by atoms with E-state index in [1.807, 2.05) is 12.1 Å². The first-order valence-corrected chi connectivity index (χ1v) is 7.17. The maximum atomic E-state index is 12.1. The van der Waals surface area contributed by atoms with Crippen LogP contribution in [0.25, 0.3) is 0 Å². The van der Waals surface area contributed by atoms with Crippen LogP contribution in [0.15, 0.2) is 18.2 Å². The van der Waals surface area contributed by atoms with E-state index in [2.05, 4.69) is 10.6 Å². The van der Waals surface area contributed by atoms with Crippen molar-refractivity contribution in [2.45, 2.75) is 18.9 Å². The minimum Gasteiger partial charge on any atom is -0.493 e. The number of amides is 1. The van der Waals surface area contributed by atoms with Gasteiger partial charge in [-0.05, 0) is 36.7 Å². The van der Waals surface area contributed by atoms with Gasteiger partial charge in [-0.15, -0.1) is 0 Å². The minimum atomic E-state index is -0.377. The molecule has 1 fully saturated rings. The van der Waals surface area contributed by atoms with Gasteiger partial charge in [-0.2, -0.15) is 0 Å². The Morgan fingerprint density at radius 1 is 1.50 bits per heavy atom. The second-order valence-corrected chi connectivity index (χ2v) is 5.45. The molecule has 0 bridgehead atoms. The molecule has 2 atom stereocenters. The third-order valence-corrected chi connectivity index (χ3v) is 4.07. The Labute approximate surface area is 118 Å². The smallest absolute Gasteiger partial charge is 0.251 e. The van der Waals surface area contributed by atoms with E-state index in [1.54, 1.807) is 6.07 Å². The lowest BCUT2D eigenvalue weighted by Crippen LogP contribution is -2.45. The number of nitrogens with one attached hydrogen (secondary N) is 2. The van der Waals surface area contributed by atoms with Gasteiger partial charge < -0.3 is 20.5 Å². The van der Waals surface area contributed by atoms with E-state index in [4.69, 9.17) is 4.74 Å². The maximum Gasteiger partial charge on any atom is 0.251 e. The van der Waals surface area contributed by atoms with Gasteiger partial charge in [-0.25, -0.2) is 0 Å². The van der Waals surface area contributed by atoms with E-state index in [0.29, 0.717) is 25.3 Å². The van der Waals surface area contributed by atoms with Gasteiger partial charge in [0.05, 0.1) is 12.7 Å². The first-order chi connectivity index (χ1) is 9.74. The third-order valence-electron chi connectivity index (χ3n) is 4.07. The molecule has 0 radical (unpaired) electrons. The fraction of sp³-hybridized carbons (Fsp3) is 0.533. The van der Waals surface area contributed by atoms with E-state index in [0.717, 1.165) is 30.7 Å². The molecule has 2 heterocycles. The van der Waals surface area contributed by atoms with Crippen molar-refractivity contribution < 1.29 is 14.6 Å². The molecule has 2 aliphatic rings. The van der Waals surface area contributed by atoms with E-state index in [9.17, 15) is 9.90 Å². The second-order valence-electron chi connectivity index (χ2n) is 5.45. The van der Waals surface area contributed by atoms with Crippen molar-refractivity contribution in [1.29, 1.82) is 0 Å². The average Bonchev–Trinajstić information content (AvgIpc) is 2.93. The van der Waals surface area contributed by atoms with Crippen molar-refractivity contribution in [2.75, 3.05) is 26.2 Å². The molecule has 3 rings (SSSR count). The number of piperidine rings is 1. The molecule has 5 nitrogen and oxygen atoms in total. The second kappa shape index (κ2) is 5.81. The van der Waals surface area contributed by atoms with Crippen LogP contribution >= 0.6 is 0 Å². The number of aliphatic hydroxyl groups excluding tert-OH is 1. The highest BCUT2D eigenvalue weighted by Gasteiger charge is 2.23. The Hall–Kier alpha value is -1.59.